The summed E-state index contributed by atoms with van der Waals surface area (Å²) in [7, 11) is 0. The molecule has 2 fully saturated rings. The Balaban J connectivity index is 1.89. The van der Waals surface area contributed by atoms with E-state index in [1.165, 1.54) is 19.3 Å². The van der Waals surface area contributed by atoms with Crippen LogP contribution in [0.4, 0.5) is 0 Å². The molecule has 2 N–H and O–H groups in total. The number of hydrogen-bond donors (Lipinski definition) is 2. The number of piperidine rings is 1. The summed E-state index contributed by atoms with van der Waals surface area (Å²) >= 11 is 0. The normalized spacial score (nSPS) is 28.6. The maximum absolute atomic E-state index is 12.0. The Morgan fingerprint density at radius 2 is 2.00 bits per heavy atom. The maximum Gasteiger partial charge on any atom is 0.223 e. The largest absolute Gasteiger partial charge is 0.354 e. The van der Waals surface area contributed by atoms with Crippen molar-refractivity contribution in [2.24, 2.45) is 11.3 Å². The van der Waals surface area contributed by atoms with Gasteiger partial charge in [0.15, 0.2) is 0 Å². The second kappa shape index (κ2) is 4.74. The highest BCUT2D eigenvalue weighted by Gasteiger charge is 2.42. The van der Waals surface area contributed by atoms with Gasteiger partial charge in [0.2, 0.25) is 5.91 Å². The molecule has 1 amide bonds. The van der Waals surface area contributed by atoms with Crippen LogP contribution in [0.5, 0.6) is 0 Å². The minimum Gasteiger partial charge on any atom is -0.354 e. The summed E-state index contributed by atoms with van der Waals surface area (Å²) < 4.78 is 0. The zero-order valence-corrected chi connectivity index (χ0v) is 10.5. The topological polar surface area (TPSA) is 41.1 Å². The van der Waals surface area contributed by atoms with Gasteiger partial charge < -0.3 is 10.6 Å². The van der Waals surface area contributed by atoms with Crippen molar-refractivity contribution in [2.75, 3.05) is 13.1 Å². The fraction of sp³-hybridized carbons (Fsp3) is 0.923. The average molecular weight is 224 g/mol. The van der Waals surface area contributed by atoms with Crippen molar-refractivity contribution in [3.8, 4) is 0 Å². The number of nitrogens with one attached hydrogen (secondary N) is 2. The van der Waals surface area contributed by atoms with Gasteiger partial charge in [0.05, 0.1) is 0 Å². The number of amides is 1. The number of carbonyl (C=O) groups is 1. The highest BCUT2D eigenvalue weighted by molar-refractivity contribution is 5.79. The van der Waals surface area contributed by atoms with E-state index in [0.717, 1.165) is 25.9 Å². The van der Waals surface area contributed by atoms with Gasteiger partial charge in [0.25, 0.3) is 0 Å². The molecule has 16 heavy (non-hydrogen) atoms. The first-order chi connectivity index (χ1) is 7.61. The second-order valence-corrected chi connectivity index (χ2v) is 5.85. The molecule has 0 radical (unpaired) electrons. The molecule has 1 aliphatic carbocycles. The smallest absolute Gasteiger partial charge is 0.223 e. The Bertz CT molecular complexity index is 257. The van der Waals surface area contributed by atoms with Gasteiger partial charge in [0.1, 0.15) is 0 Å². The number of hydrogen-bond acceptors (Lipinski definition) is 2. The van der Waals surface area contributed by atoms with Crippen LogP contribution in [0.15, 0.2) is 0 Å². The van der Waals surface area contributed by atoms with E-state index in [4.69, 9.17) is 0 Å². The van der Waals surface area contributed by atoms with Gasteiger partial charge in [-0.3, -0.25) is 4.79 Å². The van der Waals surface area contributed by atoms with Crippen LogP contribution < -0.4 is 10.6 Å². The van der Waals surface area contributed by atoms with E-state index in [2.05, 4.69) is 10.6 Å². The van der Waals surface area contributed by atoms with Crippen LogP contribution >= 0.6 is 0 Å². The van der Waals surface area contributed by atoms with Gasteiger partial charge in [0, 0.05) is 12.0 Å². The summed E-state index contributed by atoms with van der Waals surface area (Å²) in [6.07, 6.45) is 5.99. The molecule has 92 valence electrons. The zero-order chi connectivity index (χ0) is 11.6. The van der Waals surface area contributed by atoms with Crippen molar-refractivity contribution >= 4 is 5.91 Å². The fourth-order valence-corrected chi connectivity index (χ4v) is 3.24. The average Bonchev–Trinajstić information content (AvgIpc) is 2.62. The summed E-state index contributed by atoms with van der Waals surface area (Å²) in [5.74, 6) is 0.561. The second-order valence-electron chi connectivity index (χ2n) is 5.85. The molecule has 0 aromatic rings. The fourth-order valence-electron chi connectivity index (χ4n) is 3.24. The van der Waals surface area contributed by atoms with Crippen LogP contribution in [0.2, 0.25) is 0 Å². The summed E-state index contributed by atoms with van der Waals surface area (Å²) in [5, 5.41) is 6.46. The molecule has 1 heterocycles. The van der Waals surface area contributed by atoms with Crippen molar-refractivity contribution < 1.29 is 4.79 Å². The lowest BCUT2D eigenvalue weighted by Crippen LogP contribution is -2.37. The molecule has 1 atom stereocenters. The number of carbonyl (C=O) groups excluding carboxylic acids is 1. The monoisotopic (exact) mass is 224 g/mol. The van der Waals surface area contributed by atoms with Gasteiger partial charge in [-0.25, -0.2) is 0 Å². The lowest BCUT2D eigenvalue weighted by molar-refractivity contribution is -0.125. The van der Waals surface area contributed by atoms with E-state index >= 15 is 0 Å². The zero-order valence-electron chi connectivity index (χ0n) is 10.5. The van der Waals surface area contributed by atoms with Crippen LogP contribution in [0.1, 0.15) is 46.0 Å². The Hall–Kier alpha value is -0.570. The molecule has 1 saturated carbocycles. The molecule has 1 saturated heterocycles. The minimum atomic E-state index is 0.275. The van der Waals surface area contributed by atoms with E-state index in [0.29, 0.717) is 5.41 Å². The molecule has 0 aromatic carbocycles. The molecule has 1 unspecified atom stereocenters. The Morgan fingerprint density at radius 1 is 1.31 bits per heavy atom. The van der Waals surface area contributed by atoms with Crippen LogP contribution in [-0.4, -0.2) is 25.0 Å². The molecule has 2 aliphatic rings. The van der Waals surface area contributed by atoms with E-state index in [1.807, 2.05) is 13.8 Å². The van der Waals surface area contributed by atoms with Crippen molar-refractivity contribution in [2.45, 2.75) is 52.0 Å². The highest BCUT2D eigenvalue weighted by Crippen LogP contribution is 2.47. The molecule has 0 aromatic heterocycles. The summed E-state index contributed by atoms with van der Waals surface area (Å²) in [5.41, 5.74) is 0.490. The van der Waals surface area contributed by atoms with Gasteiger partial charge in [-0.05, 0) is 64.5 Å². The molecule has 1 aliphatic heterocycles. The van der Waals surface area contributed by atoms with Crippen LogP contribution in [0.3, 0.4) is 0 Å². The van der Waals surface area contributed by atoms with Crippen molar-refractivity contribution in [1.29, 1.82) is 0 Å². The van der Waals surface area contributed by atoms with E-state index in [-0.39, 0.29) is 17.9 Å². The van der Waals surface area contributed by atoms with Gasteiger partial charge in [-0.15, -0.1) is 0 Å². The quantitative estimate of drug-likeness (QED) is 0.749. The Kier molecular flexibility index (Phi) is 3.53. The van der Waals surface area contributed by atoms with Crippen LogP contribution in [0.25, 0.3) is 0 Å². The SMILES string of the molecule is CC(C)NC(=O)C1CCC2(CCNCC2)C1. The van der Waals surface area contributed by atoms with Crippen LogP contribution in [-0.2, 0) is 4.79 Å². The third-order valence-corrected chi connectivity index (χ3v) is 4.17. The molecule has 3 heteroatoms. The first kappa shape index (κ1) is 11.9. The predicted molar refractivity (Wildman–Crippen MR) is 65.2 cm³/mol. The molecule has 2 rings (SSSR count). The third-order valence-electron chi connectivity index (χ3n) is 4.17. The summed E-state index contributed by atoms with van der Waals surface area (Å²) in [4.78, 5) is 12.0. The first-order valence-corrected chi connectivity index (χ1v) is 6.62. The van der Waals surface area contributed by atoms with Gasteiger partial charge >= 0.3 is 0 Å². The minimum absolute atomic E-state index is 0.275. The lowest BCUT2D eigenvalue weighted by Gasteiger charge is -2.34. The first-order valence-electron chi connectivity index (χ1n) is 6.62. The lowest BCUT2D eigenvalue weighted by atomic mass is 9.77. The maximum atomic E-state index is 12.0. The number of rotatable bonds is 2. The Morgan fingerprint density at radius 3 is 2.62 bits per heavy atom. The standard InChI is InChI=1S/C13H24N2O/c1-10(2)15-12(16)11-3-4-13(9-11)5-7-14-8-6-13/h10-11,14H,3-9H2,1-2H3,(H,15,16). The van der Waals surface area contributed by atoms with Crippen LogP contribution in [0, 0.1) is 11.3 Å². The molecular weight excluding hydrogens is 200 g/mol. The molecular formula is C13H24N2O. The van der Waals surface area contributed by atoms with Crippen molar-refractivity contribution in [1.82, 2.24) is 10.6 Å². The van der Waals surface area contributed by atoms with E-state index in [1.54, 1.807) is 0 Å². The summed E-state index contributed by atoms with van der Waals surface area (Å²) in [6.45, 7) is 6.34. The van der Waals surface area contributed by atoms with Crippen molar-refractivity contribution in [3.05, 3.63) is 0 Å². The van der Waals surface area contributed by atoms with Gasteiger partial charge in [-0.1, -0.05) is 0 Å². The van der Waals surface area contributed by atoms with Gasteiger partial charge in [-0.2, -0.15) is 0 Å². The Labute approximate surface area is 98.4 Å². The summed E-state index contributed by atoms with van der Waals surface area (Å²) in [6, 6.07) is 0.275. The van der Waals surface area contributed by atoms with E-state index < -0.39 is 0 Å². The molecule has 0 bridgehead atoms. The molecule has 1 spiro atoms. The van der Waals surface area contributed by atoms with Crippen molar-refractivity contribution in [3.63, 3.8) is 0 Å². The van der Waals surface area contributed by atoms with E-state index in [9.17, 15) is 4.79 Å². The highest BCUT2D eigenvalue weighted by atomic mass is 16.1. The molecule has 3 nitrogen and oxygen atoms in total. The predicted octanol–water partition coefficient (Wildman–Crippen LogP) is 1.68. The third kappa shape index (κ3) is 2.57.